The van der Waals surface area contributed by atoms with Crippen molar-refractivity contribution in [3.63, 3.8) is 0 Å². The Morgan fingerprint density at radius 3 is 1.62 bits per heavy atom. The van der Waals surface area contributed by atoms with Gasteiger partial charge in [0.2, 0.25) is 0 Å². The summed E-state index contributed by atoms with van der Waals surface area (Å²) in [6.45, 7) is 0. The lowest BCUT2D eigenvalue weighted by atomic mass is 10.0. The zero-order chi connectivity index (χ0) is 29.5. The van der Waals surface area contributed by atoms with Crippen LogP contribution in [0.25, 0.3) is 86.3 Å². The van der Waals surface area contributed by atoms with Crippen molar-refractivity contribution in [2.24, 2.45) is 0 Å². The molecule has 0 saturated heterocycles. The van der Waals surface area contributed by atoms with Crippen molar-refractivity contribution in [2.45, 2.75) is 0 Å². The maximum atomic E-state index is 2.44. The molecule has 0 amide bonds. The van der Waals surface area contributed by atoms with E-state index in [9.17, 15) is 0 Å². The molecule has 0 N–H and O–H groups in total. The van der Waals surface area contributed by atoms with Crippen LogP contribution in [0.5, 0.6) is 0 Å². The minimum absolute atomic E-state index is 1.17. The van der Waals surface area contributed by atoms with Crippen molar-refractivity contribution in [3.05, 3.63) is 158 Å². The summed E-state index contributed by atoms with van der Waals surface area (Å²) in [5, 5.41) is 7.81. The maximum Gasteiger partial charge on any atom is 0.0548 e. The normalized spacial score (nSPS) is 12.0. The van der Waals surface area contributed by atoms with Crippen molar-refractivity contribution in [2.75, 3.05) is 0 Å². The van der Waals surface area contributed by atoms with E-state index in [0.717, 1.165) is 0 Å². The molecule has 10 aromatic rings. The molecule has 0 fully saturated rings. The second-order valence-electron chi connectivity index (χ2n) is 11.8. The standard InChI is InChI=1S/C42H26N2S/c1-2-12-29(13-3-1)43-35-18-7-4-16-33(35)41-37(43)23-24-38-42(41)34-17-5-8-19-36(34)44(38)30-14-10-11-27(25-30)28-21-22-32-31-15-6-9-20-39(31)45-40(32)26-28/h1-26H. The molecule has 3 heteroatoms. The molecule has 210 valence electrons. The molecule has 45 heavy (non-hydrogen) atoms. The predicted octanol–water partition coefficient (Wildman–Crippen LogP) is 11.9. The van der Waals surface area contributed by atoms with Crippen molar-refractivity contribution >= 4 is 75.1 Å². The topological polar surface area (TPSA) is 9.86 Å². The first-order valence-corrected chi connectivity index (χ1v) is 16.2. The van der Waals surface area contributed by atoms with Crippen LogP contribution in [-0.2, 0) is 0 Å². The quantitative estimate of drug-likeness (QED) is 0.194. The first kappa shape index (κ1) is 24.8. The van der Waals surface area contributed by atoms with Gasteiger partial charge in [-0.05, 0) is 71.8 Å². The van der Waals surface area contributed by atoms with Crippen molar-refractivity contribution in [3.8, 4) is 22.5 Å². The molecule has 0 aliphatic rings. The maximum absolute atomic E-state index is 2.44. The Balaban J connectivity index is 1.24. The average Bonchev–Trinajstić information content (AvgIpc) is 3.76. The zero-order valence-electron chi connectivity index (χ0n) is 24.3. The van der Waals surface area contributed by atoms with E-state index in [1.165, 1.54) is 86.3 Å². The van der Waals surface area contributed by atoms with E-state index in [1.54, 1.807) is 0 Å². The SMILES string of the molecule is c1ccc(-n2c3ccccc3c3c4c5ccccc5n(-c5cccc(-c6ccc7c(c6)sc6ccccc67)c5)c4ccc32)cc1. The van der Waals surface area contributed by atoms with Crippen LogP contribution >= 0.6 is 11.3 Å². The molecule has 0 aliphatic heterocycles. The lowest BCUT2D eigenvalue weighted by Gasteiger charge is -2.11. The Morgan fingerprint density at radius 1 is 0.333 bits per heavy atom. The Morgan fingerprint density at radius 2 is 0.889 bits per heavy atom. The molecule has 0 radical (unpaired) electrons. The molecule has 7 aromatic carbocycles. The minimum Gasteiger partial charge on any atom is -0.309 e. The molecule has 0 bridgehead atoms. The summed E-state index contributed by atoms with van der Waals surface area (Å²) in [6, 6.07) is 57.6. The molecule has 10 rings (SSSR count). The molecular weight excluding hydrogens is 565 g/mol. The highest BCUT2D eigenvalue weighted by molar-refractivity contribution is 7.25. The monoisotopic (exact) mass is 590 g/mol. The van der Waals surface area contributed by atoms with Crippen LogP contribution in [-0.4, -0.2) is 9.13 Å². The fraction of sp³-hybridized carbons (Fsp3) is 0. The number of para-hydroxylation sites is 3. The van der Waals surface area contributed by atoms with Crippen molar-refractivity contribution < 1.29 is 0 Å². The van der Waals surface area contributed by atoms with Gasteiger partial charge in [-0.15, -0.1) is 11.3 Å². The van der Waals surface area contributed by atoms with Gasteiger partial charge in [0.1, 0.15) is 0 Å². The first-order chi connectivity index (χ1) is 22.3. The molecular formula is C42H26N2S. The summed E-state index contributed by atoms with van der Waals surface area (Å²) >= 11 is 1.87. The van der Waals surface area contributed by atoms with E-state index in [-0.39, 0.29) is 0 Å². The van der Waals surface area contributed by atoms with Crippen LogP contribution in [0.3, 0.4) is 0 Å². The average molecular weight is 591 g/mol. The largest absolute Gasteiger partial charge is 0.309 e. The highest BCUT2D eigenvalue weighted by Crippen LogP contribution is 2.43. The van der Waals surface area contributed by atoms with Crippen molar-refractivity contribution in [1.82, 2.24) is 9.13 Å². The number of aromatic nitrogens is 2. The lowest BCUT2D eigenvalue weighted by molar-refractivity contribution is 1.17. The van der Waals surface area contributed by atoms with Gasteiger partial charge in [-0.25, -0.2) is 0 Å². The highest BCUT2D eigenvalue weighted by Gasteiger charge is 2.20. The van der Waals surface area contributed by atoms with Gasteiger partial charge in [-0.1, -0.05) is 97.1 Å². The van der Waals surface area contributed by atoms with Gasteiger partial charge in [0.25, 0.3) is 0 Å². The molecule has 3 aromatic heterocycles. The fourth-order valence-corrected chi connectivity index (χ4v) is 8.53. The molecule has 0 unspecified atom stereocenters. The number of fused-ring (bicyclic) bond motifs is 10. The number of nitrogens with zero attached hydrogens (tertiary/aromatic N) is 2. The van der Waals surface area contributed by atoms with E-state index in [2.05, 4.69) is 167 Å². The zero-order valence-corrected chi connectivity index (χ0v) is 25.1. The van der Waals surface area contributed by atoms with E-state index in [4.69, 9.17) is 0 Å². The summed E-state index contributed by atoms with van der Waals surface area (Å²) < 4.78 is 7.51. The molecule has 0 spiro atoms. The number of rotatable bonds is 3. The number of hydrogen-bond donors (Lipinski definition) is 0. The van der Waals surface area contributed by atoms with Gasteiger partial charge in [0.05, 0.1) is 22.1 Å². The van der Waals surface area contributed by atoms with E-state index in [0.29, 0.717) is 0 Å². The Hall–Kier alpha value is -5.64. The van der Waals surface area contributed by atoms with Gasteiger partial charge in [-0.2, -0.15) is 0 Å². The number of thiophene rings is 1. The third-order valence-electron chi connectivity index (χ3n) is 9.30. The van der Waals surface area contributed by atoms with E-state index >= 15 is 0 Å². The summed E-state index contributed by atoms with van der Waals surface area (Å²) in [6.07, 6.45) is 0. The summed E-state index contributed by atoms with van der Waals surface area (Å²) in [5.74, 6) is 0. The molecule has 0 saturated carbocycles. The van der Waals surface area contributed by atoms with Gasteiger partial charge >= 0.3 is 0 Å². The third-order valence-corrected chi connectivity index (χ3v) is 10.4. The molecule has 0 atom stereocenters. The van der Waals surface area contributed by atoms with Gasteiger partial charge in [0.15, 0.2) is 0 Å². The van der Waals surface area contributed by atoms with Gasteiger partial charge in [0, 0.05) is 53.1 Å². The fourth-order valence-electron chi connectivity index (χ4n) is 7.38. The third kappa shape index (κ3) is 3.56. The Kier molecular flexibility index (Phi) is 5.19. The van der Waals surface area contributed by atoms with Crippen LogP contribution in [0.15, 0.2) is 158 Å². The van der Waals surface area contributed by atoms with E-state index < -0.39 is 0 Å². The van der Waals surface area contributed by atoms with Crippen molar-refractivity contribution in [1.29, 1.82) is 0 Å². The Bertz CT molecular complexity index is 2760. The summed E-state index contributed by atoms with van der Waals surface area (Å²) in [5.41, 5.74) is 9.69. The summed E-state index contributed by atoms with van der Waals surface area (Å²) in [7, 11) is 0. The van der Waals surface area contributed by atoms with Gasteiger partial charge in [-0.3, -0.25) is 0 Å². The van der Waals surface area contributed by atoms with Crippen LogP contribution in [0.4, 0.5) is 0 Å². The lowest BCUT2D eigenvalue weighted by Crippen LogP contribution is -1.95. The predicted molar refractivity (Wildman–Crippen MR) is 193 cm³/mol. The van der Waals surface area contributed by atoms with E-state index in [1.807, 2.05) is 11.3 Å². The highest BCUT2D eigenvalue weighted by atomic mass is 32.1. The van der Waals surface area contributed by atoms with Crippen LogP contribution in [0.2, 0.25) is 0 Å². The first-order valence-electron chi connectivity index (χ1n) is 15.4. The second kappa shape index (κ2) is 9.43. The Labute approximate surface area is 263 Å². The minimum atomic E-state index is 1.17. The smallest absolute Gasteiger partial charge is 0.0548 e. The second-order valence-corrected chi connectivity index (χ2v) is 12.8. The van der Waals surface area contributed by atoms with Gasteiger partial charge < -0.3 is 9.13 Å². The van der Waals surface area contributed by atoms with Crippen LogP contribution < -0.4 is 0 Å². The molecule has 0 aliphatic carbocycles. The summed E-state index contributed by atoms with van der Waals surface area (Å²) in [4.78, 5) is 0. The number of hydrogen-bond acceptors (Lipinski definition) is 1. The number of benzene rings is 7. The van der Waals surface area contributed by atoms with Crippen LogP contribution in [0, 0.1) is 0 Å². The molecule has 3 heterocycles. The molecule has 2 nitrogen and oxygen atoms in total. The van der Waals surface area contributed by atoms with Crippen LogP contribution in [0.1, 0.15) is 0 Å².